The molecule has 1 heterocycles. The first-order valence-corrected chi connectivity index (χ1v) is 9.54. The number of carbonyl (C=O) groups is 1. The predicted molar refractivity (Wildman–Crippen MR) is 122 cm³/mol. The maximum atomic E-state index is 12.6. The molecule has 5 nitrogen and oxygen atoms in total. The number of hydrogen-bond donors (Lipinski definition) is 0. The van der Waals surface area contributed by atoms with Gasteiger partial charge >= 0.3 is 5.97 Å². The molecule has 0 saturated carbocycles. The van der Waals surface area contributed by atoms with Gasteiger partial charge in [0, 0.05) is 23.0 Å². The molecular formula is C22H16Cl3N3O2. The molecule has 30 heavy (non-hydrogen) atoms. The third-order valence-electron chi connectivity index (χ3n) is 4.36. The molecule has 0 radical (unpaired) electrons. The Morgan fingerprint density at radius 2 is 1.83 bits per heavy atom. The molecule has 0 fully saturated rings. The van der Waals surface area contributed by atoms with Crippen molar-refractivity contribution in [2.45, 2.75) is 6.54 Å². The van der Waals surface area contributed by atoms with Crippen LogP contribution in [0.5, 0.6) is 0 Å². The van der Waals surface area contributed by atoms with Crippen molar-refractivity contribution in [2.75, 3.05) is 0 Å². The summed E-state index contributed by atoms with van der Waals surface area (Å²) in [5.74, 6) is -0.552. The zero-order chi connectivity index (χ0) is 20.2. The fourth-order valence-electron chi connectivity index (χ4n) is 2.91. The Morgan fingerprint density at radius 3 is 2.57 bits per heavy atom. The molecule has 8 heteroatoms. The monoisotopic (exact) mass is 459 g/mol. The van der Waals surface area contributed by atoms with Crippen LogP contribution in [0.15, 0.2) is 84.5 Å². The average molecular weight is 461 g/mol. The summed E-state index contributed by atoms with van der Waals surface area (Å²) in [5, 5.41) is 7.02. The predicted octanol–water partition coefficient (Wildman–Crippen LogP) is 6.03. The molecule has 152 valence electrons. The summed E-state index contributed by atoms with van der Waals surface area (Å²) < 4.78 is 1.80. The smallest absolute Gasteiger partial charge is 0.331 e. The molecule has 0 aliphatic heterocycles. The third kappa shape index (κ3) is 5.00. The lowest BCUT2D eigenvalue weighted by Crippen LogP contribution is -2.13. The number of fused-ring (bicyclic) bond motifs is 1. The normalized spacial score (nSPS) is 11.2. The van der Waals surface area contributed by atoms with Crippen LogP contribution in [-0.4, -0.2) is 21.2 Å². The van der Waals surface area contributed by atoms with Crippen LogP contribution in [-0.2, 0) is 11.4 Å². The topological polar surface area (TPSA) is 56.5 Å². The molecule has 0 amide bonds. The van der Waals surface area contributed by atoms with Crippen molar-refractivity contribution in [2.24, 2.45) is 5.16 Å². The second-order valence-electron chi connectivity index (χ2n) is 6.34. The molecule has 4 rings (SSSR count). The summed E-state index contributed by atoms with van der Waals surface area (Å²) in [4.78, 5) is 21.8. The van der Waals surface area contributed by atoms with Crippen LogP contribution in [0.1, 0.15) is 15.9 Å². The van der Waals surface area contributed by atoms with E-state index < -0.39 is 5.97 Å². The second kappa shape index (κ2) is 9.76. The number of aromatic nitrogens is 2. The van der Waals surface area contributed by atoms with Crippen LogP contribution in [0.25, 0.3) is 10.8 Å². The number of hydrogen-bond acceptors (Lipinski definition) is 4. The fraction of sp³-hybridized carbons (Fsp3) is 0.0455. The number of oxime groups is 1. The highest BCUT2D eigenvalue weighted by molar-refractivity contribution is 6.37. The number of nitrogens with zero attached hydrogens (tertiary/aromatic N) is 3. The zero-order valence-corrected chi connectivity index (χ0v) is 17.9. The van der Waals surface area contributed by atoms with Gasteiger partial charge in [-0.3, -0.25) is 0 Å². The Bertz CT molecular complexity index is 1210. The number of halogens is 3. The van der Waals surface area contributed by atoms with Crippen LogP contribution in [0.3, 0.4) is 0 Å². The van der Waals surface area contributed by atoms with Crippen molar-refractivity contribution in [3.63, 3.8) is 0 Å². The van der Waals surface area contributed by atoms with Gasteiger partial charge in [-0.05, 0) is 41.1 Å². The SMILES string of the molecule is Cl.O=C(O/N=C(\Cn1ccnc1)c1ccc(Cl)cc1Cl)c1ccc2ccccc2c1. The number of imidazole rings is 1. The Morgan fingerprint density at radius 1 is 1.03 bits per heavy atom. The van der Waals surface area contributed by atoms with E-state index in [0.717, 1.165) is 10.8 Å². The Labute approximate surface area is 189 Å². The molecular weight excluding hydrogens is 445 g/mol. The summed E-state index contributed by atoms with van der Waals surface area (Å²) in [6.45, 7) is 0.326. The van der Waals surface area contributed by atoms with E-state index in [0.29, 0.717) is 33.4 Å². The van der Waals surface area contributed by atoms with Crippen molar-refractivity contribution in [3.8, 4) is 0 Å². The summed E-state index contributed by atoms with van der Waals surface area (Å²) in [6, 6.07) is 18.2. The standard InChI is InChI=1S/C22H15Cl2N3O2.ClH/c23-18-7-8-19(20(24)12-18)21(13-27-10-9-25-14-27)26-29-22(28)17-6-5-15-3-1-2-4-16(15)11-17;/h1-12,14H,13H2;1H/b26-21+;. The van der Waals surface area contributed by atoms with Crippen molar-refractivity contribution in [3.05, 3.63) is 101 Å². The Kier molecular flexibility index (Phi) is 7.11. The van der Waals surface area contributed by atoms with E-state index in [1.54, 1.807) is 53.6 Å². The van der Waals surface area contributed by atoms with Gasteiger partial charge in [-0.1, -0.05) is 58.7 Å². The molecule has 0 atom stereocenters. The minimum absolute atomic E-state index is 0. The highest BCUT2D eigenvalue weighted by atomic mass is 35.5. The molecule has 4 aromatic rings. The highest BCUT2D eigenvalue weighted by Crippen LogP contribution is 2.23. The van der Waals surface area contributed by atoms with Gasteiger partial charge in [-0.25, -0.2) is 9.78 Å². The molecule has 0 spiro atoms. The molecule has 0 bridgehead atoms. The fourth-order valence-corrected chi connectivity index (χ4v) is 3.42. The van der Waals surface area contributed by atoms with Crippen molar-refractivity contribution in [1.82, 2.24) is 9.55 Å². The van der Waals surface area contributed by atoms with E-state index in [-0.39, 0.29) is 12.4 Å². The third-order valence-corrected chi connectivity index (χ3v) is 4.91. The van der Waals surface area contributed by atoms with Crippen molar-refractivity contribution >= 4 is 58.1 Å². The second-order valence-corrected chi connectivity index (χ2v) is 7.18. The molecule has 0 saturated heterocycles. The van der Waals surface area contributed by atoms with Crippen LogP contribution in [0.4, 0.5) is 0 Å². The number of rotatable bonds is 5. The van der Waals surface area contributed by atoms with Gasteiger partial charge in [-0.2, -0.15) is 0 Å². The van der Waals surface area contributed by atoms with Crippen molar-refractivity contribution < 1.29 is 9.63 Å². The lowest BCUT2D eigenvalue weighted by Gasteiger charge is -2.10. The highest BCUT2D eigenvalue weighted by Gasteiger charge is 2.14. The lowest BCUT2D eigenvalue weighted by molar-refractivity contribution is 0.0515. The maximum Gasteiger partial charge on any atom is 0.365 e. The van der Waals surface area contributed by atoms with Crippen LogP contribution in [0, 0.1) is 0 Å². The summed E-state index contributed by atoms with van der Waals surface area (Å²) in [6.07, 6.45) is 5.08. The first-order chi connectivity index (χ1) is 14.1. The van der Waals surface area contributed by atoms with E-state index in [1.807, 2.05) is 30.3 Å². The molecule has 0 aliphatic rings. The minimum atomic E-state index is -0.552. The largest absolute Gasteiger partial charge is 0.365 e. The molecule has 0 aliphatic carbocycles. The maximum absolute atomic E-state index is 12.6. The van der Waals surface area contributed by atoms with Gasteiger partial charge in [-0.15, -0.1) is 12.4 Å². The number of benzene rings is 3. The van der Waals surface area contributed by atoms with E-state index in [4.69, 9.17) is 28.0 Å². The average Bonchev–Trinajstić information content (AvgIpc) is 3.24. The number of carbonyl (C=O) groups excluding carboxylic acids is 1. The minimum Gasteiger partial charge on any atom is -0.331 e. The van der Waals surface area contributed by atoms with Gasteiger partial charge in [0.1, 0.15) is 5.71 Å². The summed E-state index contributed by atoms with van der Waals surface area (Å²) >= 11 is 12.3. The molecule has 0 unspecified atom stereocenters. The molecule has 3 aromatic carbocycles. The lowest BCUT2D eigenvalue weighted by atomic mass is 10.1. The van der Waals surface area contributed by atoms with Gasteiger partial charge < -0.3 is 9.40 Å². The van der Waals surface area contributed by atoms with E-state index in [2.05, 4.69) is 10.1 Å². The first kappa shape index (κ1) is 21.8. The Hall–Kier alpha value is -2.86. The summed E-state index contributed by atoms with van der Waals surface area (Å²) in [5.41, 5.74) is 1.51. The van der Waals surface area contributed by atoms with Gasteiger partial charge in [0.15, 0.2) is 0 Å². The quantitative estimate of drug-likeness (QED) is 0.208. The molecule has 1 aromatic heterocycles. The van der Waals surface area contributed by atoms with Crippen molar-refractivity contribution in [1.29, 1.82) is 0 Å². The van der Waals surface area contributed by atoms with Gasteiger partial charge in [0.2, 0.25) is 0 Å². The first-order valence-electron chi connectivity index (χ1n) is 8.78. The van der Waals surface area contributed by atoms with E-state index in [9.17, 15) is 4.79 Å². The van der Waals surface area contributed by atoms with Gasteiger partial charge in [0.25, 0.3) is 0 Å². The van der Waals surface area contributed by atoms with Crippen LogP contribution < -0.4 is 0 Å². The van der Waals surface area contributed by atoms with Crippen LogP contribution >= 0.6 is 35.6 Å². The van der Waals surface area contributed by atoms with E-state index >= 15 is 0 Å². The van der Waals surface area contributed by atoms with E-state index in [1.165, 1.54) is 0 Å². The summed E-state index contributed by atoms with van der Waals surface area (Å²) in [7, 11) is 0. The Balaban J connectivity index is 0.00000256. The zero-order valence-electron chi connectivity index (χ0n) is 15.5. The van der Waals surface area contributed by atoms with Crippen LogP contribution in [0.2, 0.25) is 10.0 Å². The molecule has 0 N–H and O–H groups in total. The van der Waals surface area contributed by atoms with Gasteiger partial charge in [0.05, 0.1) is 23.5 Å².